The van der Waals surface area contributed by atoms with Gasteiger partial charge in [-0.25, -0.2) is 4.98 Å². The number of carbonyl (C=O) groups is 1. The largest absolute Gasteiger partial charge is 0.490 e. The molecule has 1 aromatic carbocycles. The molecule has 160 valence electrons. The van der Waals surface area contributed by atoms with Crippen molar-refractivity contribution in [3.05, 3.63) is 34.8 Å². The summed E-state index contributed by atoms with van der Waals surface area (Å²) in [4.78, 5) is 22.4. The van der Waals surface area contributed by atoms with Crippen LogP contribution in [0.5, 0.6) is 5.75 Å². The highest BCUT2D eigenvalue weighted by atomic mass is 32.1. The number of thiazole rings is 1. The van der Waals surface area contributed by atoms with Gasteiger partial charge in [0.2, 0.25) is 5.91 Å². The number of fused-ring (bicyclic) bond motifs is 1. The monoisotopic (exact) mass is 426 g/mol. The predicted molar refractivity (Wildman–Crippen MR) is 119 cm³/mol. The van der Waals surface area contributed by atoms with E-state index >= 15 is 0 Å². The molecule has 6 nitrogen and oxygen atoms in total. The summed E-state index contributed by atoms with van der Waals surface area (Å²) >= 11 is 1.68. The Morgan fingerprint density at radius 3 is 2.63 bits per heavy atom. The fourth-order valence-corrected chi connectivity index (χ4v) is 5.87. The van der Waals surface area contributed by atoms with Crippen LogP contribution < -0.4 is 10.5 Å². The lowest BCUT2D eigenvalue weighted by atomic mass is 9.86. The first-order chi connectivity index (χ1) is 14.7. The average molecular weight is 427 g/mol. The lowest BCUT2D eigenvalue weighted by molar-refractivity contribution is -0.130. The van der Waals surface area contributed by atoms with Crippen LogP contribution in [-0.2, 0) is 17.8 Å². The number of ether oxygens (including phenoxy) is 1. The Hall–Kier alpha value is -1.96. The number of benzene rings is 1. The van der Waals surface area contributed by atoms with Crippen molar-refractivity contribution in [3.63, 3.8) is 0 Å². The third-order valence-electron chi connectivity index (χ3n) is 6.64. The summed E-state index contributed by atoms with van der Waals surface area (Å²) < 4.78 is 6.20. The Balaban J connectivity index is 1.17. The molecule has 2 fully saturated rings. The lowest BCUT2D eigenvalue weighted by Gasteiger charge is -2.44. The van der Waals surface area contributed by atoms with Gasteiger partial charge in [0.15, 0.2) is 0 Å². The van der Waals surface area contributed by atoms with E-state index in [4.69, 9.17) is 15.5 Å². The molecule has 5 rings (SSSR count). The summed E-state index contributed by atoms with van der Waals surface area (Å²) in [5, 5.41) is 1.02. The van der Waals surface area contributed by atoms with Crippen molar-refractivity contribution in [2.24, 2.45) is 5.73 Å². The van der Waals surface area contributed by atoms with E-state index < -0.39 is 0 Å². The number of carbonyl (C=O) groups excluding carboxylic acids is 1. The van der Waals surface area contributed by atoms with Crippen molar-refractivity contribution in [1.82, 2.24) is 14.8 Å². The van der Waals surface area contributed by atoms with Gasteiger partial charge in [-0.1, -0.05) is 6.42 Å². The average Bonchev–Trinajstić information content (AvgIpc) is 3.20. The van der Waals surface area contributed by atoms with Crippen LogP contribution in [0.2, 0.25) is 0 Å². The number of amides is 1. The summed E-state index contributed by atoms with van der Waals surface area (Å²) in [5.74, 6) is 0.956. The molecule has 3 aliphatic rings. The van der Waals surface area contributed by atoms with E-state index in [1.165, 1.54) is 37.2 Å². The van der Waals surface area contributed by atoms with Gasteiger partial charge < -0.3 is 20.3 Å². The zero-order chi connectivity index (χ0) is 20.5. The van der Waals surface area contributed by atoms with Crippen LogP contribution in [-0.4, -0.2) is 59.0 Å². The predicted octanol–water partition coefficient (Wildman–Crippen LogP) is 3.05. The fraction of sp³-hybridized carbons (Fsp3) is 0.565. The number of likely N-dealkylation sites (tertiary alicyclic amines) is 1. The van der Waals surface area contributed by atoms with Crippen molar-refractivity contribution in [1.29, 1.82) is 0 Å². The van der Waals surface area contributed by atoms with Gasteiger partial charge in [0.05, 0.1) is 18.8 Å². The third kappa shape index (κ3) is 4.11. The fourth-order valence-electron chi connectivity index (χ4n) is 4.75. The van der Waals surface area contributed by atoms with Gasteiger partial charge in [-0.3, -0.25) is 4.79 Å². The smallest absolute Gasteiger partial charge is 0.236 e. The van der Waals surface area contributed by atoms with Gasteiger partial charge in [-0.05, 0) is 50.2 Å². The van der Waals surface area contributed by atoms with E-state index in [1.54, 1.807) is 11.3 Å². The number of aromatic nitrogens is 1. The summed E-state index contributed by atoms with van der Waals surface area (Å²) in [6.45, 7) is 3.94. The first-order valence-electron chi connectivity index (χ1n) is 11.2. The standard InChI is InChI=1S/C23H30N4O2S/c24-14-22(28)27-11-8-20-21(15-27)30-23(25-20)16-4-6-18(7-5-16)29-19-12-17(13-19)26-9-2-1-3-10-26/h4-7,17,19H,1-3,8-15,24H2. The minimum Gasteiger partial charge on any atom is -0.490 e. The van der Waals surface area contributed by atoms with Crippen LogP contribution in [0.15, 0.2) is 24.3 Å². The minimum atomic E-state index is 0.00984. The molecule has 0 bridgehead atoms. The molecule has 0 atom stereocenters. The Morgan fingerprint density at radius 1 is 1.13 bits per heavy atom. The van der Waals surface area contributed by atoms with Gasteiger partial charge in [0.25, 0.3) is 0 Å². The van der Waals surface area contributed by atoms with Crippen LogP contribution in [0.3, 0.4) is 0 Å². The van der Waals surface area contributed by atoms with Crippen molar-refractivity contribution in [3.8, 4) is 16.3 Å². The molecule has 30 heavy (non-hydrogen) atoms. The first-order valence-corrected chi connectivity index (χ1v) is 12.0. The van der Waals surface area contributed by atoms with Crippen LogP contribution in [0.25, 0.3) is 10.6 Å². The molecule has 0 unspecified atom stereocenters. The molecular weight excluding hydrogens is 396 g/mol. The molecule has 2 aliphatic heterocycles. The Kier molecular flexibility index (Phi) is 5.76. The third-order valence-corrected chi connectivity index (χ3v) is 7.77. The second kappa shape index (κ2) is 8.65. The Labute approximate surface area is 182 Å². The van der Waals surface area contributed by atoms with Gasteiger partial charge in [-0.2, -0.15) is 0 Å². The zero-order valence-electron chi connectivity index (χ0n) is 17.4. The van der Waals surface area contributed by atoms with E-state index in [-0.39, 0.29) is 12.5 Å². The maximum absolute atomic E-state index is 11.9. The molecule has 1 amide bonds. The summed E-state index contributed by atoms with van der Waals surface area (Å²) in [6, 6.07) is 9.05. The van der Waals surface area contributed by atoms with E-state index in [1.807, 2.05) is 4.90 Å². The first kappa shape index (κ1) is 20.0. The normalized spacial score (nSPS) is 24.2. The van der Waals surface area contributed by atoms with E-state index in [9.17, 15) is 4.79 Å². The zero-order valence-corrected chi connectivity index (χ0v) is 18.2. The number of rotatable bonds is 5. The number of nitrogens with zero attached hydrogens (tertiary/aromatic N) is 3. The quantitative estimate of drug-likeness (QED) is 0.796. The highest BCUT2D eigenvalue weighted by molar-refractivity contribution is 7.15. The van der Waals surface area contributed by atoms with Crippen molar-refractivity contribution < 1.29 is 9.53 Å². The highest BCUT2D eigenvalue weighted by Crippen LogP contribution is 2.34. The van der Waals surface area contributed by atoms with Crippen LogP contribution in [0.1, 0.15) is 42.7 Å². The van der Waals surface area contributed by atoms with E-state index in [2.05, 4.69) is 29.2 Å². The molecule has 2 N–H and O–H groups in total. The second-order valence-corrected chi connectivity index (χ2v) is 9.73. The van der Waals surface area contributed by atoms with Gasteiger partial charge in [-0.15, -0.1) is 11.3 Å². The van der Waals surface area contributed by atoms with E-state index in [0.717, 1.165) is 47.3 Å². The lowest BCUT2D eigenvalue weighted by Crippen LogP contribution is -2.50. The molecule has 0 radical (unpaired) electrons. The number of hydrogen-bond donors (Lipinski definition) is 1. The SMILES string of the molecule is NCC(=O)N1CCc2nc(-c3ccc(OC4CC(N5CCCCC5)C4)cc3)sc2C1. The summed E-state index contributed by atoms with van der Waals surface area (Å²) in [5.41, 5.74) is 7.74. The molecule has 3 heterocycles. The Bertz CT molecular complexity index is 885. The number of hydrogen-bond acceptors (Lipinski definition) is 6. The van der Waals surface area contributed by atoms with Crippen LogP contribution >= 0.6 is 11.3 Å². The van der Waals surface area contributed by atoms with Gasteiger partial charge in [0, 0.05) is 42.3 Å². The minimum absolute atomic E-state index is 0.00984. The van der Waals surface area contributed by atoms with Crippen molar-refractivity contribution in [2.75, 3.05) is 26.2 Å². The Morgan fingerprint density at radius 2 is 1.90 bits per heavy atom. The molecule has 1 saturated heterocycles. The molecule has 1 saturated carbocycles. The van der Waals surface area contributed by atoms with Crippen molar-refractivity contribution in [2.45, 2.75) is 57.2 Å². The molecule has 7 heteroatoms. The van der Waals surface area contributed by atoms with Gasteiger partial charge >= 0.3 is 0 Å². The molecule has 2 aromatic rings. The topological polar surface area (TPSA) is 71.7 Å². The van der Waals surface area contributed by atoms with Gasteiger partial charge in [0.1, 0.15) is 16.9 Å². The molecule has 1 aliphatic carbocycles. The highest BCUT2D eigenvalue weighted by Gasteiger charge is 2.35. The number of piperidine rings is 1. The summed E-state index contributed by atoms with van der Waals surface area (Å²) in [6.07, 6.45) is 7.55. The van der Waals surface area contributed by atoms with E-state index in [0.29, 0.717) is 19.2 Å². The molecule has 0 spiro atoms. The second-order valence-electron chi connectivity index (χ2n) is 8.64. The maximum Gasteiger partial charge on any atom is 0.236 e. The maximum atomic E-state index is 11.9. The summed E-state index contributed by atoms with van der Waals surface area (Å²) in [7, 11) is 0. The molecular formula is C23H30N4O2S. The number of nitrogens with two attached hydrogens (primary N) is 1. The molecule has 1 aromatic heterocycles. The van der Waals surface area contributed by atoms with Crippen LogP contribution in [0, 0.1) is 0 Å². The van der Waals surface area contributed by atoms with Crippen LogP contribution in [0.4, 0.5) is 0 Å². The van der Waals surface area contributed by atoms with Crippen molar-refractivity contribution >= 4 is 17.2 Å².